The van der Waals surface area contributed by atoms with E-state index in [2.05, 4.69) is 5.32 Å². The standard InChI is InChI=1S/C18H23FN2O5/c1-10(22)20-8-13-9-21(18(25)26-13)12-3-4-14(15(19)7-12)11-2-5-16(23)17(24)6-11/h3-4,7,11,13,16-17,23-24H,2,5-6,8-9H2,1H3,(H,20,22). The average Bonchev–Trinajstić information content (AvgIpc) is 2.96. The number of cyclic esters (lactones) is 1. The van der Waals surface area contributed by atoms with E-state index in [1.807, 2.05) is 0 Å². The van der Waals surface area contributed by atoms with Crippen molar-refractivity contribution in [1.82, 2.24) is 5.32 Å². The van der Waals surface area contributed by atoms with E-state index in [0.717, 1.165) is 0 Å². The molecule has 1 heterocycles. The van der Waals surface area contributed by atoms with Crippen molar-refractivity contribution in [3.05, 3.63) is 29.6 Å². The summed E-state index contributed by atoms with van der Waals surface area (Å²) in [6.07, 6.45) is -1.34. The minimum atomic E-state index is -0.851. The van der Waals surface area contributed by atoms with Gasteiger partial charge in [0.1, 0.15) is 11.9 Å². The first-order valence-corrected chi connectivity index (χ1v) is 8.73. The van der Waals surface area contributed by atoms with E-state index >= 15 is 0 Å². The molecule has 3 N–H and O–H groups in total. The summed E-state index contributed by atoms with van der Waals surface area (Å²) in [5.74, 6) is -0.829. The van der Waals surface area contributed by atoms with Crippen LogP contribution in [0.15, 0.2) is 18.2 Å². The first-order valence-electron chi connectivity index (χ1n) is 8.73. The first kappa shape index (κ1) is 18.6. The van der Waals surface area contributed by atoms with Crippen LogP contribution in [0.1, 0.15) is 37.7 Å². The van der Waals surface area contributed by atoms with Crippen molar-refractivity contribution in [2.75, 3.05) is 18.0 Å². The highest BCUT2D eigenvalue weighted by atomic mass is 19.1. The van der Waals surface area contributed by atoms with Crippen molar-refractivity contribution in [2.24, 2.45) is 0 Å². The van der Waals surface area contributed by atoms with Crippen LogP contribution in [0.5, 0.6) is 0 Å². The number of nitrogens with one attached hydrogen (secondary N) is 1. The molecule has 3 rings (SSSR count). The maximum absolute atomic E-state index is 14.6. The Labute approximate surface area is 150 Å². The highest BCUT2D eigenvalue weighted by Gasteiger charge is 2.34. The summed E-state index contributed by atoms with van der Waals surface area (Å²) in [5.41, 5.74) is 0.861. The van der Waals surface area contributed by atoms with Gasteiger partial charge in [-0.2, -0.15) is 0 Å². The Morgan fingerprint density at radius 3 is 2.77 bits per heavy atom. The van der Waals surface area contributed by atoms with Crippen LogP contribution in [0, 0.1) is 5.82 Å². The molecular formula is C18H23FN2O5. The third kappa shape index (κ3) is 3.96. The molecule has 7 nitrogen and oxygen atoms in total. The van der Waals surface area contributed by atoms with Gasteiger partial charge in [0.05, 0.1) is 31.0 Å². The molecule has 1 aromatic carbocycles. The zero-order chi connectivity index (χ0) is 18.8. The molecule has 4 atom stereocenters. The van der Waals surface area contributed by atoms with Crippen LogP contribution in [0.3, 0.4) is 0 Å². The van der Waals surface area contributed by atoms with Crippen molar-refractivity contribution in [3.63, 3.8) is 0 Å². The Balaban J connectivity index is 1.69. The molecule has 0 aromatic heterocycles. The van der Waals surface area contributed by atoms with Crippen LogP contribution in [0.2, 0.25) is 0 Å². The minimum Gasteiger partial charge on any atom is -0.442 e. The fourth-order valence-corrected chi connectivity index (χ4v) is 3.52. The number of aliphatic hydroxyl groups is 2. The van der Waals surface area contributed by atoms with Gasteiger partial charge in [0.15, 0.2) is 0 Å². The topological polar surface area (TPSA) is 99.1 Å². The zero-order valence-corrected chi connectivity index (χ0v) is 14.5. The molecular weight excluding hydrogens is 343 g/mol. The van der Waals surface area contributed by atoms with Crippen molar-refractivity contribution in [2.45, 2.75) is 50.4 Å². The molecule has 1 saturated carbocycles. The van der Waals surface area contributed by atoms with Crippen LogP contribution in [-0.4, -0.2) is 53.6 Å². The number of rotatable bonds is 4. The Kier molecular flexibility index (Phi) is 5.43. The van der Waals surface area contributed by atoms with E-state index in [9.17, 15) is 24.2 Å². The Morgan fingerprint density at radius 2 is 2.12 bits per heavy atom. The molecule has 26 heavy (non-hydrogen) atoms. The molecule has 2 fully saturated rings. The smallest absolute Gasteiger partial charge is 0.414 e. The van der Waals surface area contributed by atoms with E-state index in [-0.39, 0.29) is 24.9 Å². The highest BCUT2D eigenvalue weighted by molar-refractivity contribution is 5.89. The van der Waals surface area contributed by atoms with Crippen LogP contribution in [0.4, 0.5) is 14.9 Å². The lowest BCUT2D eigenvalue weighted by Gasteiger charge is -2.30. The van der Waals surface area contributed by atoms with Gasteiger partial charge in [-0.15, -0.1) is 0 Å². The summed E-state index contributed by atoms with van der Waals surface area (Å²) in [5, 5.41) is 22.0. The Morgan fingerprint density at radius 1 is 1.35 bits per heavy atom. The quantitative estimate of drug-likeness (QED) is 0.745. The normalized spacial score (nSPS) is 28.8. The lowest BCUT2D eigenvalue weighted by molar-refractivity contribution is -0.119. The van der Waals surface area contributed by atoms with Gasteiger partial charge in [0, 0.05) is 6.92 Å². The van der Waals surface area contributed by atoms with Gasteiger partial charge in [-0.1, -0.05) is 6.07 Å². The van der Waals surface area contributed by atoms with Crippen molar-refractivity contribution >= 4 is 17.7 Å². The molecule has 0 bridgehead atoms. The van der Waals surface area contributed by atoms with E-state index in [0.29, 0.717) is 30.5 Å². The van der Waals surface area contributed by atoms with Gasteiger partial charge in [-0.05, 0) is 42.9 Å². The van der Waals surface area contributed by atoms with Crippen LogP contribution >= 0.6 is 0 Å². The molecule has 8 heteroatoms. The lowest BCUT2D eigenvalue weighted by atomic mass is 9.81. The largest absolute Gasteiger partial charge is 0.442 e. The fourth-order valence-electron chi connectivity index (χ4n) is 3.52. The summed E-state index contributed by atoms with van der Waals surface area (Å²) < 4.78 is 19.8. The molecule has 4 unspecified atom stereocenters. The predicted molar refractivity (Wildman–Crippen MR) is 91.3 cm³/mol. The number of amides is 2. The maximum atomic E-state index is 14.6. The number of carbonyl (C=O) groups excluding carboxylic acids is 2. The molecule has 1 saturated heterocycles. The third-order valence-corrected chi connectivity index (χ3v) is 4.97. The number of ether oxygens (including phenoxy) is 1. The summed E-state index contributed by atoms with van der Waals surface area (Å²) in [6, 6.07) is 4.56. The van der Waals surface area contributed by atoms with E-state index in [1.54, 1.807) is 12.1 Å². The van der Waals surface area contributed by atoms with E-state index in [4.69, 9.17) is 4.74 Å². The summed E-state index contributed by atoms with van der Waals surface area (Å²) >= 11 is 0. The second-order valence-corrected chi connectivity index (χ2v) is 6.90. The Bertz CT molecular complexity index is 698. The molecule has 1 aromatic rings. The predicted octanol–water partition coefficient (Wildman–Crippen LogP) is 1.28. The number of nitrogens with zero attached hydrogens (tertiary/aromatic N) is 1. The van der Waals surface area contributed by atoms with Gasteiger partial charge in [-0.25, -0.2) is 9.18 Å². The molecule has 1 aliphatic heterocycles. The molecule has 0 spiro atoms. The molecule has 0 radical (unpaired) electrons. The van der Waals surface area contributed by atoms with E-state index < -0.39 is 30.2 Å². The summed E-state index contributed by atoms with van der Waals surface area (Å²) in [6.45, 7) is 1.82. The third-order valence-electron chi connectivity index (χ3n) is 4.97. The monoisotopic (exact) mass is 366 g/mol. The van der Waals surface area contributed by atoms with Gasteiger partial charge in [0.25, 0.3) is 0 Å². The summed E-state index contributed by atoms with van der Waals surface area (Å²) in [7, 11) is 0. The summed E-state index contributed by atoms with van der Waals surface area (Å²) in [4.78, 5) is 24.3. The number of hydrogen-bond donors (Lipinski definition) is 3. The van der Waals surface area contributed by atoms with Crippen LogP contribution in [0.25, 0.3) is 0 Å². The first-order chi connectivity index (χ1) is 12.3. The number of anilines is 1. The lowest BCUT2D eigenvalue weighted by Crippen LogP contribution is -2.33. The van der Waals surface area contributed by atoms with Crippen molar-refractivity contribution in [1.29, 1.82) is 0 Å². The SMILES string of the molecule is CC(=O)NCC1CN(c2ccc(C3CCC(O)C(O)C3)c(F)c2)C(=O)O1. The van der Waals surface area contributed by atoms with Crippen LogP contribution < -0.4 is 10.2 Å². The zero-order valence-electron chi connectivity index (χ0n) is 14.5. The molecule has 2 amide bonds. The molecule has 142 valence electrons. The van der Waals surface area contributed by atoms with Gasteiger partial charge in [0.2, 0.25) is 5.91 Å². The van der Waals surface area contributed by atoms with Gasteiger partial charge >= 0.3 is 6.09 Å². The van der Waals surface area contributed by atoms with Crippen LogP contribution in [-0.2, 0) is 9.53 Å². The number of aliphatic hydroxyl groups excluding tert-OH is 2. The second-order valence-electron chi connectivity index (χ2n) is 6.90. The van der Waals surface area contributed by atoms with Gasteiger partial charge < -0.3 is 20.3 Å². The van der Waals surface area contributed by atoms with Gasteiger partial charge in [-0.3, -0.25) is 9.69 Å². The van der Waals surface area contributed by atoms with Crippen molar-refractivity contribution in [3.8, 4) is 0 Å². The van der Waals surface area contributed by atoms with Crippen molar-refractivity contribution < 1.29 is 28.9 Å². The van der Waals surface area contributed by atoms with E-state index in [1.165, 1.54) is 17.9 Å². The minimum absolute atomic E-state index is 0.166. The highest BCUT2D eigenvalue weighted by Crippen LogP contribution is 2.36. The Hall–Kier alpha value is -2.19. The molecule has 2 aliphatic rings. The number of carbonyl (C=O) groups is 2. The number of halogens is 1. The molecule has 1 aliphatic carbocycles. The fraction of sp³-hybridized carbons (Fsp3) is 0.556. The second kappa shape index (κ2) is 7.59. The maximum Gasteiger partial charge on any atom is 0.414 e. The number of hydrogen-bond acceptors (Lipinski definition) is 5. The average molecular weight is 366 g/mol. The number of benzene rings is 1.